The van der Waals surface area contributed by atoms with Crippen molar-refractivity contribution in [2.24, 2.45) is 10.8 Å². The molecule has 1 atom stereocenters. The van der Waals surface area contributed by atoms with Crippen molar-refractivity contribution in [3.63, 3.8) is 0 Å². The molecule has 0 bridgehead atoms. The Morgan fingerprint density at radius 2 is 1.67 bits per heavy atom. The fourth-order valence-corrected chi connectivity index (χ4v) is 2.10. The van der Waals surface area contributed by atoms with E-state index in [-0.39, 0.29) is 16.8 Å². The van der Waals surface area contributed by atoms with Gasteiger partial charge >= 0.3 is 5.97 Å². The molecule has 0 aromatic heterocycles. The van der Waals surface area contributed by atoms with Crippen LogP contribution in [0.1, 0.15) is 41.5 Å². The average Bonchev–Trinajstić information content (AvgIpc) is 2.24. The van der Waals surface area contributed by atoms with Crippen LogP contribution in [-0.2, 0) is 9.53 Å². The van der Waals surface area contributed by atoms with E-state index in [4.69, 9.17) is 16.3 Å². The lowest BCUT2D eigenvalue weighted by molar-refractivity contribution is -0.146. The molecule has 0 unspecified atom stereocenters. The minimum absolute atomic E-state index is 0.165. The van der Waals surface area contributed by atoms with E-state index in [2.05, 4.69) is 0 Å². The Bertz CT molecular complexity index is 317. The molecule has 0 radical (unpaired) electrons. The lowest BCUT2D eigenvalue weighted by atomic mass is 9.74. The van der Waals surface area contributed by atoms with Gasteiger partial charge in [0.05, 0.1) is 0 Å². The molecule has 0 saturated carbocycles. The number of hydrogen-bond acceptors (Lipinski definition) is 2. The summed E-state index contributed by atoms with van der Waals surface area (Å²) >= 11 is 6.48. The zero-order chi connectivity index (χ0) is 12.1. The Morgan fingerprint density at radius 3 is 1.93 bits per heavy atom. The summed E-state index contributed by atoms with van der Waals surface area (Å²) in [6, 6.07) is 0. The van der Waals surface area contributed by atoms with Gasteiger partial charge in [0, 0.05) is 17.1 Å². The van der Waals surface area contributed by atoms with Crippen LogP contribution in [0.25, 0.3) is 0 Å². The summed E-state index contributed by atoms with van der Waals surface area (Å²) in [5.74, 6) is -0.343. The Kier molecular flexibility index (Phi) is 2.72. The number of hydrogen-bond donors (Lipinski definition) is 0. The normalized spacial score (nSPS) is 27.7. The lowest BCUT2D eigenvalue weighted by Gasteiger charge is -2.41. The topological polar surface area (TPSA) is 26.3 Å². The predicted octanol–water partition coefficient (Wildman–Crippen LogP) is 3.50. The highest BCUT2D eigenvalue weighted by atomic mass is 35.5. The van der Waals surface area contributed by atoms with Crippen molar-refractivity contribution in [1.82, 2.24) is 0 Å². The zero-order valence-electron chi connectivity index (χ0n) is 10.3. The molecule has 0 fully saturated rings. The van der Waals surface area contributed by atoms with Crippen LogP contribution in [0.15, 0.2) is 11.6 Å². The largest absolute Gasteiger partial charge is 0.435 e. The van der Waals surface area contributed by atoms with Crippen molar-refractivity contribution in [3.05, 3.63) is 11.6 Å². The van der Waals surface area contributed by atoms with Crippen molar-refractivity contribution < 1.29 is 9.53 Å². The molecule has 3 heteroatoms. The maximum atomic E-state index is 11.4. The first-order valence-corrected chi connectivity index (χ1v) is 5.51. The van der Waals surface area contributed by atoms with Gasteiger partial charge in [-0.2, -0.15) is 0 Å². The monoisotopic (exact) mass is 230 g/mol. The average molecular weight is 231 g/mol. The third-order valence-corrected chi connectivity index (χ3v) is 3.47. The number of cyclic esters (lactones) is 1. The summed E-state index contributed by atoms with van der Waals surface area (Å²) in [6.07, 6.45) is 1.53. The zero-order valence-corrected chi connectivity index (χ0v) is 11.0. The smallest absolute Gasteiger partial charge is 0.332 e. The van der Waals surface area contributed by atoms with Crippen LogP contribution in [0.3, 0.4) is 0 Å². The molecule has 86 valence electrons. The summed E-state index contributed by atoms with van der Waals surface area (Å²) in [5.41, 5.74) is 0.371. The molecule has 0 N–H and O–H groups in total. The van der Waals surface area contributed by atoms with Gasteiger partial charge in [-0.1, -0.05) is 53.1 Å². The maximum Gasteiger partial charge on any atom is 0.332 e. The molecule has 0 aromatic carbocycles. The van der Waals surface area contributed by atoms with Gasteiger partial charge < -0.3 is 4.74 Å². The van der Waals surface area contributed by atoms with Crippen LogP contribution < -0.4 is 0 Å². The van der Waals surface area contributed by atoms with Gasteiger partial charge in [0.15, 0.2) is 0 Å². The second-order valence-corrected chi connectivity index (χ2v) is 6.61. The summed E-state index contributed by atoms with van der Waals surface area (Å²) in [4.78, 5) is 11.4. The fraction of sp³-hybridized carbons (Fsp3) is 0.750. The molecule has 0 saturated heterocycles. The van der Waals surface area contributed by atoms with E-state index < -0.39 is 5.06 Å². The van der Waals surface area contributed by atoms with Crippen LogP contribution >= 0.6 is 11.6 Å². The van der Waals surface area contributed by atoms with Crippen LogP contribution in [0.2, 0.25) is 0 Å². The quantitative estimate of drug-likeness (QED) is 0.470. The molecule has 15 heavy (non-hydrogen) atoms. The van der Waals surface area contributed by atoms with Crippen LogP contribution in [0, 0.1) is 10.8 Å². The molecule has 0 spiro atoms. The molecule has 1 aliphatic rings. The number of ether oxygens (including phenoxy) is 1. The number of carbonyl (C=O) groups excluding carboxylic acids is 1. The SMILES string of the molecule is CC(C)(C)C1=CC(=O)O[C@]1(Cl)C(C)(C)C. The van der Waals surface area contributed by atoms with Crippen molar-refractivity contribution in [2.75, 3.05) is 0 Å². The van der Waals surface area contributed by atoms with Crippen LogP contribution in [0.4, 0.5) is 0 Å². The van der Waals surface area contributed by atoms with Gasteiger partial charge in [-0.25, -0.2) is 4.79 Å². The van der Waals surface area contributed by atoms with E-state index in [1.165, 1.54) is 6.08 Å². The molecule has 1 aliphatic heterocycles. The third-order valence-electron chi connectivity index (χ3n) is 2.62. The molecule has 0 aromatic rings. The van der Waals surface area contributed by atoms with E-state index in [1.807, 2.05) is 41.5 Å². The summed E-state index contributed by atoms with van der Waals surface area (Å²) in [5, 5.41) is -1.01. The number of alkyl halides is 1. The first kappa shape index (κ1) is 12.6. The first-order chi connectivity index (χ1) is 6.48. The van der Waals surface area contributed by atoms with Gasteiger partial charge in [0.2, 0.25) is 5.06 Å². The molecule has 0 amide bonds. The lowest BCUT2D eigenvalue weighted by Crippen LogP contribution is -2.43. The minimum Gasteiger partial charge on any atom is -0.435 e. The third kappa shape index (κ3) is 2.05. The summed E-state index contributed by atoms with van der Waals surface area (Å²) in [7, 11) is 0. The van der Waals surface area contributed by atoms with E-state index in [0.717, 1.165) is 5.57 Å². The van der Waals surface area contributed by atoms with Gasteiger partial charge in [0.1, 0.15) is 0 Å². The molecule has 1 heterocycles. The summed E-state index contributed by atoms with van der Waals surface area (Å²) < 4.78 is 5.29. The molecular formula is C12H19ClO2. The fourth-order valence-electron chi connectivity index (χ4n) is 1.69. The van der Waals surface area contributed by atoms with Gasteiger partial charge in [-0.3, -0.25) is 0 Å². The Morgan fingerprint density at radius 1 is 1.20 bits per heavy atom. The Hall–Kier alpha value is -0.500. The molecule has 1 rings (SSSR count). The van der Waals surface area contributed by atoms with Gasteiger partial charge in [0.25, 0.3) is 0 Å². The van der Waals surface area contributed by atoms with Gasteiger partial charge in [-0.15, -0.1) is 0 Å². The number of esters is 1. The number of halogens is 1. The highest BCUT2D eigenvalue weighted by Gasteiger charge is 2.53. The van der Waals surface area contributed by atoms with Crippen LogP contribution in [-0.4, -0.2) is 11.0 Å². The van der Waals surface area contributed by atoms with Crippen LogP contribution in [0.5, 0.6) is 0 Å². The summed E-state index contributed by atoms with van der Waals surface area (Å²) in [6.45, 7) is 12.0. The molecule has 0 aliphatic carbocycles. The van der Waals surface area contributed by atoms with E-state index >= 15 is 0 Å². The van der Waals surface area contributed by atoms with Gasteiger partial charge in [-0.05, 0) is 5.41 Å². The van der Waals surface area contributed by atoms with Crippen molar-refractivity contribution in [3.8, 4) is 0 Å². The van der Waals surface area contributed by atoms with Crippen molar-refractivity contribution in [2.45, 2.75) is 46.6 Å². The highest BCUT2D eigenvalue weighted by Crippen LogP contribution is 2.52. The standard InChI is InChI=1S/C12H19ClO2/c1-10(2,3)8-7-9(14)15-12(8,13)11(4,5)6/h7H,1-6H3/t12-/m0/s1. The molecular weight excluding hydrogens is 212 g/mol. The van der Waals surface area contributed by atoms with Crippen molar-refractivity contribution in [1.29, 1.82) is 0 Å². The predicted molar refractivity (Wildman–Crippen MR) is 61.7 cm³/mol. The second-order valence-electron chi connectivity index (χ2n) is 6.07. The van der Waals surface area contributed by atoms with E-state index in [9.17, 15) is 4.79 Å². The maximum absolute atomic E-state index is 11.4. The van der Waals surface area contributed by atoms with E-state index in [0.29, 0.717) is 0 Å². The second kappa shape index (κ2) is 3.24. The number of carbonyl (C=O) groups is 1. The minimum atomic E-state index is -1.01. The highest BCUT2D eigenvalue weighted by molar-refractivity contribution is 6.27. The first-order valence-electron chi connectivity index (χ1n) is 5.13. The number of rotatable bonds is 0. The van der Waals surface area contributed by atoms with E-state index in [1.54, 1.807) is 0 Å². The van der Waals surface area contributed by atoms with Crippen molar-refractivity contribution >= 4 is 17.6 Å². The Labute approximate surface area is 96.6 Å². The Balaban J connectivity index is 3.24. The molecule has 2 nitrogen and oxygen atoms in total.